The van der Waals surface area contributed by atoms with Crippen molar-refractivity contribution in [3.8, 4) is 0 Å². The molecule has 34 heavy (non-hydrogen) atoms. The van der Waals surface area contributed by atoms with E-state index >= 15 is 0 Å². The van der Waals surface area contributed by atoms with Gasteiger partial charge < -0.3 is 20.1 Å². The van der Waals surface area contributed by atoms with Crippen LogP contribution in [-0.2, 0) is 20.9 Å². The number of carbonyl (C=O) groups is 2. The summed E-state index contributed by atoms with van der Waals surface area (Å²) in [6.45, 7) is 4.04. The Morgan fingerprint density at radius 2 is 2.06 bits per heavy atom. The Hall–Kier alpha value is -3.18. The molecule has 1 amide bonds. The molecule has 0 unspecified atom stereocenters. The van der Waals surface area contributed by atoms with Gasteiger partial charge in [-0.3, -0.25) is 10.2 Å². The molecule has 2 fully saturated rings. The fourth-order valence-electron chi connectivity index (χ4n) is 4.63. The monoisotopic (exact) mass is 471 g/mol. The number of ether oxygens (including phenoxy) is 1. The molecular weight excluding hydrogens is 438 g/mol. The van der Waals surface area contributed by atoms with Gasteiger partial charge in [0.1, 0.15) is 12.9 Å². The van der Waals surface area contributed by atoms with E-state index in [1.807, 2.05) is 11.0 Å². The SMILES string of the molecule is CC1=C(N2CCC3(CCCCC3)C2=O)COC1=O.N=CN(N=N)c1ccc(CNCCO)cn1. The topological polar surface area (TPSA) is 155 Å². The number of aliphatic hydroxyl groups is 1. The third-order valence-corrected chi connectivity index (χ3v) is 6.62. The van der Waals surface area contributed by atoms with Crippen molar-refractivity contribution in [2.24, 2.45) is 10.6 Å². The number of cyclic esters (lactones) is 1. The van der Waals surface area contributed by atoms with Gasteiger partial charge in [-0.05, 0) is 37.8 Å². The zero-order valence-corrected chi connectivity index (χ0v) is 19.5. The lowest BCUT2D eigenvalue weighted by Crippen LogP contribution is -2.36. The van der Waals surface area contributed by atoms with Crippen molar-refractivity contribution < 1.29 is 19.4 Å². The molecule has 1 aromatic heterocycles. The van der Waals surface area contributed by atoms with E-state index in [1.165, 1.54) is 6.42 Å². The van der Waals surface area contributed by atoms with Crippen molar-refractivity contribution in [3.05, 3.63) is 35.2 Å². The number of rotatable bonds is 8. The summed E-state index contributed by atoms with van der Waals surface area (Å²) in [6.07, 6.45) is 9.10. The third-order valence-electron chi connectivity index (χ3n) is 6.62. The Balaban J connectivity index is 0.000000192. The number of esters is 1. The lowest BCUT2D eigenvalue weighted by Gasteiger charge is -2.31. The number of likely N-dealkylation sites (tertiary alicyclic amines) is 1. The summed E-state index contributed by atoms with van der Waals surface area (Å²) in [7, 11) is 0. The zero-order valence-electron chi connectivity index (χ0n) is 19.5. The second-order valence-electron chi connectivity index (χ2n) is 8.69. The number of anilines is 1. The maximum Gasteiger partial charge on any atom is 0.336 e. The van der Waals surface area contributed by atoms with E-state index in [-0.39, 0.29) is 30.5 Å². The van der Waals surface area contributed by atoms with Crippen LogP contribution >= 0.6 is 0 Å². The number of nitrogens with zero attached hydrogens (tertiary/aromatic N) is 4. The second-order valence-corrected chi connectivity index (χ2v) is 8.69. The lowest BCUT2D eigenvalue weighted by atomic mass is 9.73. The third kappa shape index (κ3) is 5.65. The Labute approximate surface area is 199 Å². The van der Waals surface area contributed by atoms with Crippen LogP contribution in [0.4, 0.5) is 5.82 Å². The predicted molar refractivity (Wildman–Crippen MR) is 125 cm³/mol. The van der Waals surface area contributed by atoms with Crippen LogP contribution in [-0.4, -0.2) is 59.5 Å². The molecule has 4 rings (SSSR count). The largest absolute Gasteiger partial charge is 0.456 e. The maximum atomic E-state index is 12.6. The highest BCUT2D eigenvalue weighted by atomic mass is 16.5. The Morgan fingerprint density at radius 1 is 1.29 bits per heavy atom. The van der Waals surface area contributed by atoms with Crippen LogP contribution in [0.25, 0.3) is 0 Å². The van der Waals surface area contributed by atoms with Crippen molar-refractivity contribution in [2.75, 3.05) is 31.3 Å². The first kappa shape index (κ1) is 25.4. The Bertz CT molecular complexity index is 918. The van der Waals surface area contributed by atoms with E-state index in [0.29, 0.717) is 24.5 Å². The average Bonchev–Trinajstić information content (AvgIpc) is 3.35. The smallest absolute Gasteiger partial charge is 0.336 e. The minimum absolute atomic E-state index is 0.102. The first-order chi connectivity index (χ1) is 16.5. The molecule has 3 heterocycles. The summed E-state index contributed by atoms with van der Waals surface area (Å²) in [5.41, 5.74) is 9.05. The molecule has 11 nitrogen and oxygen atoms in total. The summed E-state index contributed by atoms with van der Waals surface area (Å²) < 4.78 is 5.01. The van der Waals surface area contributed by atoms with E-state index < -0.39 is 0 Å². The highest BCUT2D eigenvalue weighted by Crippen LogP contribution is 2.46. The molecule has 1 spiro atoms. The average molecular weight is 472 g/mol. The Morgan fingerprint density at radius 3 is 2.62 bits per heavy atom. The van der Waals surface area contributed by atoms with Gasteiger partial charge in [-0.15, -0.1) is 0 Å². The van der Waals surface area contributed by atoms with Crippen molar-refractivity contribution in [2.45, 2.75) is 52.0 Å². The molecule has 3 aliphatic rings. The first-order valence-corrected chi connectivity index (χ1v) is 11.6. The molecule has 2 aliphatic heterocycles. The summed E-state index contributed by atoms with van der Waals surface area (Å²) in [6, 6.07) is 3.51. The predicted octanol–water partition coefficient (Wildman–Crippen LogP) is 2.52. The lowest BCUT2D eigenvalue weighted by molar-refractivity contribution is -0.138. The van der Waals surface area contributed by atoms with Gasteiger partial charge in [0.25, 0.3) is 0 Å². The van der Waals surface area contributed by atoms with Crippen molar-refractivity contribution in [3.63, 3.8) is 0 Å². The summed E-state index contributed by atoms with van der Waals surface area (Å²) in [5.74, 6) is 0.383. The van der Waals surface area contributed by atoms with Crippen LogP contribution in [0.15, 0.2) is 34.8 Å². The van der Waals surface area contributed by atoms with Gasteiger partial charge in [-0.1, -0.05) is 30.6 Å². The molecule has 11 heteroatoms. The van der Waals surface area contributed by atoms with E-state index in [1.54, 1.807) is 19.2 Å². The van der Waals surface area contributed by atoms with Gasteiger partial charge in [0.05, 0.1) is 23.3 Å². The van der Waals surface area contributed by atoms with Gasteiger partial charge in [-0.2, -0.15) is 10.5 Å². The normalized spacial score (nSPS) is 19.1. The van der Waals surface area contributed by atoms with Crippen molar-refractivity contribution in [1.29, 1.82) is 10.9 Å². The molecule has 0 radical (unpaired) electrons. The highest BCUT2D eigenvalue weighted by molar-refractivity contribution is 5.94. The number of amides is 1. The highest BCUT2D eigenvalue weighted by Gasteiger charge is 2.48. The van der Waals surface area contributed by atoms with E-state index in [0.717, 1.165) is 61.3 Å². The van der Waals surface area contributed by atoms with Gasteiger partial charge in [0, 0.05) is 25.8 Å². The van der Waals surface area contributed by atoms with Crippen LogP contribution < -0.4 is 10.3 Å². The maximum absolute atomic E-state index is 12.6. The molecule has 0 aromatic carbocycles. The van der Waals surface area contributed by atoms with Gasteiger partial charge in [0.15, 0.2) is 5.82 Å². The minimum Gasteiger partial charge on any atom is -0.456 e. The van der Waals surface area contributed by atoms with Crippen LogP contribution in [0.3, 0.4) is 0 Å². The van der Waals surface area contributed by atoms with Crippen molar-refractivity contribution >= 4 is 24.0 Å². The first-order valence-electron chi connectivity index (χ1n) is 11.6. The van der Waals surface area contributed by atoms with Crippen LogP contribution in [0.5, 0.6) is 0 Å². The molecule has 184 valence electrons. The molecule has 1 saturated heterocycles. The molecule has 0 atom stereocenters. The molecule has 1 saturated carbocycles. The number of aromatic nitrogens is 1. The van der Waals surface area contributed by atoms with Crippen LogP contribution in [0.2, 0.25) is 0 Å². The number of hydrogen-bond donors (Lipinski definition) is 4. The standard InChI is InChI=1S/C14H19NO3.C9H14N6O/c1-10-11(9-18-12(10)16)15-8-7-14(13(15)17)5-3-2-4-6-14;10-7-15(14-11)9-2-1-8(6-13-9)5-12-3-4-16/h2-9H2,1H3;1-2,6-7,10-12,16H,3-5H2. The zero-order chi connectivity index (χ0) is 24.6. The van der Waals surface area contributed by atoms with Gasteiger partial charge in [0.2, 0.25) is 5.91 Å². The van der Waals surface area contributed by atoms with Crippen LogP contribution in [0.1, 0.15) is 51.0 Å². The van der Waals surface area contributed by atoms with E-state index in [4.69, 9.17) is 20.8 Å². The molecule has 4 N–H and O–H groups in total. The number of hydrogen-bond acceptors (Lipinski definition) is 9. The number of pyridine rings is 1. The molecule has 1 aromatic rings. The van der Waals surface area contributed by atoms with E-state index in [2.05, 4.69) is 15.5 Å². The summed E-state index contributed by atoms with van der Waals surface area (Å²) >= 11 is 0. The number of nitrogens with one attached hydrogen (secondary N) is 3. The number of carbonyl (C=O) groups excluding carboxylic acids is 2. The van der Waals surface area contributed by atoms with Gasteiger partial charge in [-0.25, -0.2) is 9.78 Å². The fourth-order valence-corrected chi connectivity index (χ4v) is 4.63. The Kier molecular flexibility index (Phi) is 8.83. The second kappa shape index (κ2) is 11.8. The van der Waals surface area contributed by atoms with Crippen LogP contribution in [0, 0.1) is 16.4 Å². The quantitative estimate of drug-likeness (QED) is 0.113. The summed E-state index contributed by atoms with van der Waals surface area (Å²) in [5, 5.41) is 22.8. The fraction of sp³-hybridized carbons (Fsp3) is 0.565. The minimum atomic E-state index is -0.276. The molecule has 1 aliphatic carbocycles. The van der Waals surface area contributed by atoms with Gasteiger partial charge >= 0.3 is 5.97 Å². The molecular formula is C23H33N7O4. The van der Waals surface area contributed by atoms with E-state index in [9.17, 15) is 9.59 Å². The molecule has 0 bridgehead atoms. The van der Waals surface area contributed by atoms with Crippen molar-refractivity contribution in [1.82, 2.24) is 15.2 Å². The summed E-state index contributed by atoms with van der Waals surface area (Å²) in [4.78, 5) is 29.9. The number of aliphatic hydroxyl groups excluding tert-OH is 1.